The van der Waals surface area contributed by atoms with Crippen LogP contribution >= 0.6 is 11.3 Å². The van der Waals surface area contributed by atoms with E-state index in [1.54, 1.807) is 17.7 Å². The first-order valence-electron chi connectivity index (χ1n) is 6.38. The van der Waals surface area contributed by atoms with Crippen LogP contribution in [0.25, 0.3) is 22.0 Å². The monoisotopic (exact) mass is 281 g/mol. The van der Waals surface area contributed by atoms with Gasteiger partial charge in [0.05, 0.1) is 12.0 Å². The summed E-state index contributed by atoms with van der Waals surface area (Å²) in [5.74, 6) is 0. The Kier molecular flexibility index (Phi) is 3.48. The molecular formula is C16H15N3S. The molecule has 20 heavy (non-hydrogen) atoms. The van der Waals surface area contributed by atoms with E-state index in [2.05, 4.69) is 52.4 Å². The van der Waals surface area contributed by atoms with Crippen LogP contribution in [0.3, 0.4) is 0 Å². The SMILES string of the molecule is CN(C)C=Nc1nc(-c2ccc3ccccc3c2)cs1. The van der Waals surface area contributed by atoms with Gasteiger partial charge in [-0.15, -0.1) is 11.3 Å². The number of aromatic nitrogens is 1. The largest absolute Gasteiger partial charge is 0.369 e. The van der Waals surface area contributed by atoms with Crippen molar-refractivity contribution in [2.75, 3.05) is 14.1 Å². The fourth-order valence-electron chi connectivity index (χ4n) is 1.97. The summed E-state index contributed by atoms with van der Waals surface area (Å²) in [6.07, 6.45) is 1.77. The van der Waals surface area contributed by atoms with Crippen molar-refractivity contribution < 1.29 is 0 Å². The summed E-state index contributed by atoms with van der Waals surface area (Å²) in [7, 11) is 3.89. The third kappa shape index (κ3) is 2.70. The first-order valence-corrected chi connectivity index (χ1v) is 7.26. The number of aliphatic imine (C=N–C) groups is 1. The molecule has 0 N–H and O–H groups in total. The van der Waals surface area contributed by atoms with Gasteiger partial charge >= 0.3 is 0 Å². The number of thiazole rings is 1. The number of rotatable bonds is 3. The van der Waals surface area contributed by atoms with E-state index in [4.69, 9.17) is 0 Å². The Bertz CT molecular complexity index is 759. The Balaban J connectivity index is 1.94. The molecule has 0 aliphatic rings. The molecule has 0 saturated heterocycles. The number of fused-ring (bicyclic) bond motifs is 1. The molecule has 0 aliphatic carbocycles. The lowest BCUT2D eigenvalue weighted by molar-refractivity contribution is 0.643. The second-order valence-corrected chi connectivity index (χ2v) is 5.62. The van der Waals surface area contributed by atoms with Crippen LogP contribution in [0.1, 0.15) is 0 Å². The van der Waals surface area contributed by atoms with Crippen LogP contribution in [0.4, 0.5) is 5.13 Å². The van der Waals surface area contributed by atoms with E-state index in [-0.39, 0.29) is 0 Å². The van der Waals surface area contributed by atoms with Crippen LogP contribution in [-0.2, 0) is 0 Å². The summed E-state index contributed by atoms with van der Waals surface area (Å²) >= 11 is 1.56. The van der Waals surface area contributed by atoms with Crippen LogP contribution < -0.4 is 0 Å². The van der Waals surface area contributed by atoms with E-state index in [1.165, 1.54) is 10.8 Å². The molecule has 3 rings (SSSR count). The van der Waals surface area contributed by atoms with Gasteiger partial charge in [0.2, 0.25) is 5.13 Å². The molecule has 0 fully saturated rings. The van der Waals surface area contributed by atoms with Crippen LogP contribution in [-0.4, -0.2) is 30.3 Å². The van der Waals surface area contributed by atoms with Crippen molar-refractivity contribution in [3.63, 3.8) is 0 Å². The van der Waals surface area contributed by atoms with Crippen molar-refractivity contribution in [3.05, 3.63) is 47.8 Å². The summed E-state index contributed by atoms with van der Waals surface area (Å²) < 4.78 is 0. The van der Waals surface area contributed by atoms with E-state index >= 15 is 0 Å². The third-order valence-electron chi connectivity index (χ3n) is 2.94. The lowest BCUT2D eigenvalue weighted by Gasteiger charge is -2.01. The minimum atomic E-state index is 0.779. The highest BCUT2D eigenvalue weighted by molar-refractivity contribution is 7.13. The Morgan fingerprint density at radius 3 is 2.70 bits per heavy atom. The Hall–Kier alpha value is -2.20. The van der Waals surface area contributed by atoms with Crippen LogP contribution in [0.5, 0.6) is 0 Å². The second-order valence-electron chi connectivity index (χ2n) is 4.79. The topological polar surface area (TPSA) is 28.5 Å². The smallest absolute Gasteiger partial charge is 0.211 e. The van der Waals surface area contributed by atoms with Crippen molar-refractivity contribution in [3.8, 4) is 11.3 Å². The zero-order valence-electron chi connectivity index (χ0n) is 11.4. The molecule has 1 aromatic heterocycles. The van der Waals surface area contributed by atoms with E-state index < -0.39 is 0 Å². The molecule has 0 unspecified atom stereocenters. The molecule has 100 valence electrons. The number of hydrogen-bond acceptors (Lipinski definition) is 3. The van der Waals surface area contributed by atoms with E-state index in [0.29, 0.717) is 0 Å². The molecule has 0 aliphatic heterocycles. The maximum absolute atomic E-state index is 4.55. The highest BCUT2D eigenvalue weighted by Crippen LogP contribution is 2.28. The van der Waals surface area contributed by atoms with Gasteiger partial charge in [-0.2, -0.15) is 0 Å². The summed E-state index contributed by atoms with van der Waals surface area (Å²) in [4.78, 5) is 10.8. The molecule has 3 aromatic rings. The van der Waals surface area contributed by atoms with Crippen LogP contribution in [0.15, 0.2) is 52.8 Å². The normalized spacial score (nSPS) is 11.3. The number of nitrogens with zero attached hydrogens (tertiary/aromatic N) is 3. The molecule has 0 amide bonds. The van der Waals surface area contributed by atoms with Gasteiger partial charge in [0.25, 0.3) is 0 Å². The lowest BCUT2D eigenvalue weighted by atomic mass is 10.1. The zero-order valence-corrected chi connectivity index (χ0v) is 12.3. The molecule has 2 aromatic carbocycles. The molecular weight excluding hydrogens is 266 g/mol. The first-order chi connectivity index (χ1) is 9.72. The Morgan fingerprint density at radius 2 is 1.90 bits per heavy atom. The van der Waals surface area contributed by atoms with Gasteiger partial charge < -0.3 is 4.90 Å². The molecule has 0 radical (unpaired) electrons. The van der Waals surface area contributed by atoms with E-state index in [1.807, 2.05) is 24.4 Å². The summed E-state index contributed by atoms with van der Waals surface area (Å²) in [5.41, 5.74) is 2.11. The molecule has 0 spiro atoms. The summed E-state index contributed by atoms with van der Waals surface area (Å²) in [5, 5.41) is 5.31. The van der Waals surface area contributed by atoms with Gasteiger partial charge in [0, 0.05) is 25.0 Å². The van der Waals surface area contributed by atoms with E-state index in [0.717, 1.165) is 16.4 Å². The number of benzene rings is 2. The summed E-state index contributed by atoms with van der Waals surface area (Å²) in [6, 6.07) is 14.8. The van der Waals surface area contributed by atoms with E-state index in [9.17, 15) is 0 Å². The van der Waals surface area contributed by atoms with Gasteiger partial charge in [-0.1, -0.05) is 36.4 Å². The van der Waals surface area contributed by atoms with Gasteiger partial charge in [-0.25, -0.2) is 9.98 Å². The van der Waals surface area contributed by atoms with Crippen molar-refractivity contribution in [1.82, 2.24) is 9.88 Å². The lowest BCUT2D eigenvalue weighted by Crippen LogP contribution is -2.06. The fraction of sp³-hybridized carbons (Fsp3) is 0.125. The average molecular weight is 281 g/mol. The molecule has 0 saturated carbocycles. The van der Waals surface area contributed by atoms with Crippen molar-refractivity contribution in [1.29, 1.82) is 0 Å². The van der Waals surface area contributed by atoms with Crippen molar-refractivity contribution >= 4 is 33.6 Å². The number of hydrogen-bond donors (Lipinski definition) is 0. The van der Waals surface area contributed by atoms with Gasteiger partial charge in [-0.3, -0.25) is 0 Å². The minimum absolute atomic E-state index is 0.779. The predicted octanol–water partition coefficient (Wildman–Crippen LogP) is 4.18. The van der Waals surface area contributed by atoms with Gasteiger partial charge in [0.1, 0.15) is 0 Å². The highest BCUT2D eigenvalue weighted by Gasteiger charge is 2.04. The minimum Gasteiger partial charge on any atom is -0.369 e. The van der Waals surface area contributed by atoms with Crippen molar-refractivity contribution in [2.24, 2.45) is 4.99 Å². The maximum Gasteiger partial charge on any atom is 0.211 e. The summed E-state index contributed by atoms with van der Waals surface area (Å²) in [6.45, 7) is 0. The third-order valence-corrected chi connectivity index (χ3v) is 3.69. The van der Waals surface area contributed by atoms with Gasteiger partial charge in [0.15, 0.2) is 0 Å². The molecule has 0 bridgehead atoms. The Labute approximate surface area is 122 Å². The Morgan fingerprint density at radius 1 is 1.10 bits per heavy atom. The van der Waals surface area contributed by atoms with Crippen molar-refractivity contribution in [2.45, 2.75) is 0 Å². The van der Waals surface area contributed by atoms with Crippen LogP contribution in [0.2, 0.25) is 0 Å². The van der Waals surface area contributed by atoms with Crippen LogP contribution in [0, 0.1) is 0 Å². The fourth-order valence-corrected chi connectivity index (χ4v) is 2.63. The standard InChI is InChI=1S/C16H15N3S/c1-19(2)11-17-16-18-15(10-20-16)14-8-7-12-5-3-4-6-13(12)9-14/h3-11H,1-2H3. The highest BCUT2D eigenvalue weighted by atomic mass is 32.1. The average Bonchev–Trinajstić information content (AvgIpc) is 2.93. The second kappa shape index (κ2) is 5.43. The molecule has 4 heteroatoms. The molecule has 3 nitrogen and oxygen atoms in total. The van der Waals surface area contributed by atoms with Gasteiger partial charge in [-0.05, 0) is 16.8 Å². The molecule has 1 heterocycles. The predicted molar refractivity (Wildman–Crippen MR) is 86.9 cm³/mol. The quantitative estimate of drug-likeness (QED) is 0.532. The maximum atomic E-state index is 4.55. The zero-order chi connectivity index (χ0) is 13.9. The first kappa shape index (κ1) is 12.8. The molecule has 0 atom stereocenters.